The summed E-state index contributed by atoms with van der Waals surface area (Å²) in [5.41, 5.74) is 1.61. The van der Waals surface area contributed by atoms with Crippen molar-refractivity contribution in [3.8, 4) is 12.3 Å². The Kier molecular flexibility index (Phi) is 11.2. The fourth-order valence-corrected chi connectivity index (χ4v) is 1.67. The highest BCUT2D eigenvalue weighted by atomic mass is 127. The Hall–Kier alpha value is -1.47. The molecule has 4 nitrogen and oxygen atoms in total. The van der Waals surface area contributed by atoms with E-state index >= 15 is 0 Å². The number of halogens is 4. The topological polar surface area (TPSA) is 45.7 Å². The molecule has 0 atom stereocenters. The van der Waals surface area contributed by atoms with Gasteiger partial charge in [-0.05, 0) is 18.1 Å². The average molecular weight is 455 g/mol. The Bertz CT molecular complexity index is 539. The summed E-state index contributed by atoms with van der Waals surface area (Å²) in [5.74, 6) is 3.08. The van der Waals surface area contributed by atoms with E-state index in [0.29, 0.717) is 31.2 Å². The number of nitrogens with zero attached hydrogens (tertiary/aromatic N) is 1. The van der Waals surface area contributed by atoms with Crippen LogP contribution < -0.4 is 10.6 Å². The van der Waals surface area contributed by atoms with Crippen LogP contribution in [0, 0.1) is 12.3 Å². The van der Waals surface area contributed by atoms with Gasteiger partial charge in [0.15, 0.2) is 5.96 Å². The molecule has 0 saturated heterocycles. The second-order valence-corrected chi connectivity index (χ2v) is 4.68. The Balaban J connectivity index is 0.00000529. The summed E-state index contributed by atoms with van der Waals surface area (Å²) in [6, 6.07) is 7.06. The van der Waals surface area contributed by atoms with Crippen molar-refractivity contribution in [2.24, 2.45) is 4.99 Å². The van der Waals surface area contributed by atoms with E-state index in [0.717, 1.165) is 5.56 Å². The van der Waals surface area contributed by atoms with E-state index in [1.807, 2.05) is 6.92 Å². The Morgan fingerprint density at radius 1 is 1.21 bits per heavy atom. The van der Waals surface area contributed by atoms with E-state index < -0.39 is 12.8 Å². The van der Waals surface area contributed by atoms with Gasteiger partial charge < -0.3 is 15.4 Å². The summed E-state index contributed by atoms with van der Waals surface area (Å²) in [7, 11) is 0. The molecule has 0 saturated carbocycles. The minimum atomic E-state index is -4.30. The molecule has 0 bridgehead atoms. The molecule has 0 fully saturated rings. The molecule has 0 aliphatic carbocycles. The second-order valence-electron chi connectivity index (χ2n) is 4.68. The zero-order valence-electron chi connectivity index (χ0n) is 13.3. The standard InChI is InChI=1S/C16H20F3N3O.HI/c1-3-9-21-15(20-4-2)22-10-13-5-7-14(8-6-13)11-23-12-16(17,18)19;/h1,5-8H,4,9-12H2,2H3,(H2,20,21,22);1H. The third-order valence-corrected chi connectivity index (χ3v) is 2.68. The first-order chi connectivity index (χ1) is 10.9. The van der Waals surface area contributed by atoms with Crippen LogP contribution in [-0.2, 0) is 17.9 Å². The number of nitrogens with one attached hydrogen (secondary N) is 2. The summed E-state index contributed by atoms with van der Waals surface area (Å²) < 4.78 is 40.6. The van der Waals surface area contributed by atoms with Gasteiger partial charge in [-0.3, -0.25) is 0 Å². The summed E-state index contributed by atoms with van der Waals surface area (Å²) in [5, 5.41) is 6.03. The molecule has 24 heavy (non-hydrogen) atoms. The zero-order chi connectivity index (χ0) is 17.1. The van der Waals surface area contributed by atoms with Crippen LogP contribution in [0.3, 0.4) is 0 Å². The van der Waals surface area contributed by atoms with Crippen LogP contribution in [0.5, 0.6) is 0 Å². The number of hydrogen-bond acceptors (Lipinski definition) is 2. The highest BCUT2D eigenvalue weighted by Crippen LogP contribution is 2.15. The lowest BCUT2D eigenvalue weighted by Crippen LogP contribution is -2.37. The molecule has 0 aliphatic rings. The lowest BCUT2D eigenvalue weighted by molar-refractivity contribution is -0.176. The van der Waals surface area contributed by atoms with Crippen LogP contribution in [-0.4, -0.2) is 31.8 Å². The van der Waals surface area contributed by atoms with Crippen LogP contribution >= 0.6 is 24.0 Å². The van der Waals surface area contributed by atoms with Crippen LogP contribution in [0.1, 0.15) is 18.1 Å². The van der Waals surface area contributed by atoms with Gasteiger partial charge in [-0.1, -0.05) is 30.2 Å². The largest absolute Gasteiger partial charge is 0.411 e. The molecule has 0 radical (unpaired) electrons. The van der Waals surface area contributed by atoms with Crippen molar-refractivity contribution in [3.05, 3.63) is 35.4 Å². The minimum Gasteiger partial charge on any atom is -0.367 e. The smallest absolute Gasteiger partial charge is 0.367 e. The number of aliphatic imine (C=N–C) groups is 1. The van der Waals surface area contributed by atoms with Gasteiger partial charge >= 0.3 is 6.18 Å². The number of guanidine groups is 1. The summed E-state index contributed by atoms with van der Waals surface area (Å²) in [6.07, 6.45) is 0.883. The summed E-state index contributed by atoms with van der Waals surface area (Å²) in [6.45, 7) is 2.15. The summed E-state index contributed by atoms with van der Waals surface area (Å²) in [4.78, 5) is 4.36. The third-order valence-electron chi connectivity index (χ3n) is 2.68. The fraction of sp³-hybridized carbons (Fsp3) is 0.438. The fourth-order valence-electron chi connectivity index (χ4n) is 1.67. The highest BCUT2D eigenvalue weighted by Gasteiger charge is 2.27. The maximum Gasteiger partial charge on any atom is 0.411 e. The number of benzene rings is 1. The lowest BCUT2D eigenvalue weighted by atomic mass is 10.1. The van der Waals surface area contributed by atoms with Crippen molar-refractivity contribution < 1.29 is 17.9 Å². The quantitative estimate of drug-likeness (QED) is 0.288. The summed E-state index contributed by atoms with van der Waals surface area (Å²) >= 11 is 0. The van der Waals surface area contributed by atoms with E-state index in [2.05, 4.69) is 26.3 Å². The van der Waals surface area contributed by atoms with E-state index in [4.69, 9.17) is 6.42 Å². The number of ether oxygens (including phenoxy) is 1. The molecule has 0 aromatic heterocycles. The van der Waals surface area contributed by atoms with Crippen molar-refractivity contribution in [1.82, 2.24) is 10.6 Å². The van der Waals surface area contributed by atoms with E-state index in [9.17, 15) is 13.2 Å². The molecule has 0 aliphatic heterocycles. The van der Waals surface area contributed by atoms with Gasteiger partial charge in [0.2, 0.25) is 0 Å². The van der Waals surface area contributed by atoms with Crippen molar-refractivity contribution in [1.29, 1.82) is 0 Å². The van der Waals surface area contributed by atoms with Crippen molar-refractivity contribution in [3.63, 3.8) is 0 Å². The molecule has 0 unspecified atom stereocenters. The first-order valence-corrected chi connectivity index (χ1v) is 7.12. The first kappa shape index (κ1) is 22.5. The van der Waals surface area contributed by atoms with Gasteiger partial charge in [0.05, 0.1) is 19.7 Å². The van der Waals surface area contributed by atoms with E-state index in [1.165, 1.54) is 0 Å². The monoisotopic (exact) mass is 455 g/mol. The van der Waals surface area contributed by atoms with Crippen molar-refractivity contribution >= 4 is 29.9 Å². The van der Waals surface area contributed by atoms with Gasteiger partial charge in [0.1, 0.15) is 6.61 Å². The molecule has 0 spiro atoms. The molecular formula is C16H21F3IN3O. The maximum absolute atomic E-state index is 12.0. The molecule has 8 heteroatoms. The van der Waals surface area contributed by atoms with Gasteiger partial charge in [-0.25, -0.2) is 4.99 Å². The second kappa shape index (κ2) is 12.0. The maximum atomic E-state index is 12.0. The van der Waals surface area contributed by atoms with E-state index in [-0.39, 0.29) is 30.6 Å². The van der Waals surface area contributed by atoms with E-state index in [1.54, 1.807) is 24.3 Å². The molecule has 2 N–H and O–H groups in total. The highest BCUT2D eigenvalue weighted by molar-refractivity contribution is 14.0. The predicted molar refractivity (Wildman–Crippen MR) is 99.2 cm³/mol. The SMILES string of the molecule is C#CCNC(=NCc1ccc(COCC(F)(F)F)cc1)NCC.I. The molecule has 1 aromatic rings. The number of rotatable bonds is 7. The van der Waals surface area contributed by atoms with Crippen LogP contribution in [0.4, 0.5) is 13.2 Å². The van der Waals surface area contributed by atoms with Gasteiger partial charge in [-0.2, -0.15) is 13.2 Å². The van der Waals surface area contributed by atoms with Crippen molar-refractivity contribution in [2.75, 3.05) is 19.7 Å². The molecule has 1 aromatic carbocycles. The minimum absolute atomic E-state index is 0. The molecule has 1 rings (SSSR count). The van der Waals surface area contributed by atoms with Crippen LogP contribution in [0.15, 0.2) is 29.3 Å². The van der Waals surface area contributed by atoms with Crippen molar-refractivity contribution in [2.45, 2.75) is 26.3 Å². The molecule has 134 valence electrons. The lowest BCUT2D eigenvalue weighted by Gasteiger charge is -2.09. The molecule has 0 amide bonds. The first-order valence-electron chi connectivity index (χ1n) is 7.12. The normalized spacial score (nSPS) is 11.4. The molecular weight excluding hydrogens is 434 g/mol. The van der Waals surface area contributed by atoms with Crippen LogP contribution in [0.25, 0.3) is 0 Å². The van der Waals surface area contributed by atoms with Gasteiger partial charge in [0.25, 0.3) is 0 Å². The molecule has 0 heterocycles. The Morgan fingerprint density at radius 2 is 1.83 bits per heavy atom. The van der Waals surface area contributed by atoms with Gasteiger partial charge in [0, 0.05) is 6.54 Å². The zero-order valence-corrected chi connectivity index (χ0v) is 15.7. The number of terminal acetylenes is 1. The predicted octanol–water partition coefficient (Wildman–Crippen LogP) is 3.07. The average Bonchev–Trinajstić information content (AvgIpc) is 2.50. The Morgan fingerprint density at radius 3 is 2.38 bits per heavy atom. The van der Waals surface area contributed by atoms with Crippen LogP contribution in [0.2, 0.25) is 0 Å². The van der Waals surface area contributed by atoms with Gasteiger partial charge in [-0.15, -0.1) is 30.4 Å². The Labute approximate surface area is 157 Å². The number of hydrogen-bond donors (Lipinski definition) is 2. The number of alkyl halides is 3. The third kappa shape index (κ3) is 10.3.